The van der Waals surface area contributed by atoms with Crippen LogP contribution in [0.3, 0.4) is 0 Å². The molecule has 0 amide bonds. The summed E-state index contributed by atoms with van der Waals surface area (Å²) in [6.07, 6.45) is 58.0. The average Bonchev–Trinajstić information content (AvgIpc) is 1.67. The minimum absolute atomic E-state index is 0. The number of halogens is 2. The molecule has 92 heavy (non-hydrogen) atoms. The van der Waals surface area contributed by atoms with E-state index >= 15 is 0 Å². The first-order valence-corrected chi connectivity index (χ1v) is 43.6. The van der Waals surface area contributed by atoms with Gasteiger partial charge >= 0.3 is 52.4 Å². The maximum absolute atomic E-state index is 2.55. The SMILES string of the molecule is CCCCCCP(CCCCCC)c1cc2ccccc2[cH-]1.CCCCCCP(CCCCCC)c1cc2ccccc2[cH-]1.[Cl-].[Cl-].[Zr+2].[Zr+2].c1ccc2[cH-]c(P(C3CCCCC3)C3CCCCC3)cc2c1.c1ccc2[cH-]c(P(C3CCCCC3)C3CCCCC3)cc2c1. The van der Waals surface area contributed by atoms with Gasteiger partial charge in [-0.15, -0.1) is 161 Å². The first-order chi connectivity index (χ1) is 43.5. The van der Waals surface area contributed by atoms with E-state index in [0.29, 0.717) is 0 Å². The number of hydrogen-bond donors (Lipinski definition) is 0. The molecule has 0 aliphatic heterocycles. The van der Waals surface area contributed by atoms with E-state index in [1.54, 1.807) is 21.2 Å². The van der Waals surface area contributed by atoms with Gasteiger partial charge in [-0.1, -0.05) is 238 Å². The zero-order valence-corrected chi connectivity index (χ0v) is 68.0. The van der Waals surface area contributed by atoms with Crippen molar-refractivity contribution in [3.8, 4) is 0 Å². The van der Waals surface area contributed by atoms with Gasteiger partial charge in [0.1, 0.15) is 0 Å². The van der Waals surface area contributed by atoms with Gasteiger partial charge in [-0.3, -0.25) is 0 Å². The summed E-state index contributed by atoms with van der Waals surface area (Å²) in [6, 6.07) is 55.7. The number of unbranched alkanes of at least 4 members (excludes halogenated alkanes) is 12. The molecule has 0 spiro atoms. The van der Waals surface area contributed by atoms with E-state index in [4.69, 9.17) is 0 Å². The first kappa shape index (κ1) is 82.1. The molecule has 0 unspecified atom stereocenters. The second-order valence-electron chi connectivity index (χ2n) is 27.6. The van der Waals surface area contributed by atoms with Gasteiger partial charge in [0, 0.05) is 0 Å². The molecule has 0 radical (unpaired) electrons. The molecule has 8 aromatic rings. The van der Waals surface area contributed by atoms with E-state index in [-0.39, 0.29) is 109 Å². The van der Waals surface area contributed by atoms with Crippen LogP contribution in [-0.2, 0) is 52.4 Å². The molecule has 0 aromatic heterocycles. The predicted octanol–water partition coefficient (Wildman–Crippen LogP) is 20.3. The molecule has 8 aromatic carbocycles. The Hall–Kier alpha value is -0.614. The van der Waals surface area contributed by atoms with Crippen LogP contribution in [0.25, 0.3) is 43.1 Å². The Morgan fingerprint density at radius 1 is 0.283 bits per heavy atom. The number of fused-ring (bicyclic) bond motifs is 4. The van der Waals surface area contributed by atoms with Crippen molar-refractivity contribution in [2.45, 2.75) is 281 Å². The van der Waals surface area contributed by atoms with Gasteiger partial charge in [-0.2, -0.15) is 24.3 Å². The van der Waals surface area contributed by atoms with Crippen molar-refractivity contribution < 1.29 is 77.2 Å². The van der Waals surface area contributed by atoms with Crippen LogP contribution in [0, 0.1) is 0 Å². The minimum atomic E-state index is 0. The molecule has 0 heterocycles. The van der Waals surface area contributed by atoms with Gasteiger partial charge in [0.05, 0.1) is 0 Å². The minimum Gasteiger partial charge on any atom is -1.00 e. The summed E-state index contributed by atoms with van der Waals surface area (Å²) in [4.78, 5) is 0. The van der Waals surface area contributed by atoms with Crippen LogP contribution in [-0.4, -0.2) is 47.3 Å². The van der Waals surface area contributed by atoms with Crippen molar-refractivity contribution in [1.29, 1.82) is 0 Å². The molecule has 4 saturated carbocycles. The molecule has 500 valence electrons. The zero-order valence-electron chi connectivity index (χ0n) is 58.0. The van der Waals surface area contributed by atoms with Crippen LogP contribution >= 0.6 is 31.7 Å². The molecule has 12 rings (SSSR count). The molecule has 0 N–H and O–H groups in total. The normalized spacial score (nSPS) is 15.9. The predicted molar refractivity (Wildman–Crippen MR) is 408 cm³/mol. The maximum Gasteiger partial charge on any atom is 2.00 e. The second-order valence-corrected chi connectivity index (χ2v) is 38.1. The smallest absolute Gasteiger partial charge is 1.00 e. The monoisotopic (exact) mass is 1500 g/mol. The summed E-state index contributed by atoms with van der Waals surface area (Å²) in [6.45, 7) is 9.21. The maximum atomic E-state index is 2.55. The van der Waals surface area contributed by atoms with E-state index in [0.717, 1.165) is 22.6 Å². The number of benzene rings is 4. The van der Waals surface area contributed by atoms with Crippen LogP contribution in [0.1, 0.15) is 259 Å². The molecule has 0 atom stereocenters. The summed E-state index contributed by atoms with van der Waals surface area (Å²) in [7, 11) is 0.251. The zero-order chi connectivity index (χ0) is 60.8. The molecule has 8 heteroatoms. The van der Waals surface area contributed by atoms with Crippen molar-refractivity contribution in [2.24, 2.45) is 0 Å². The van der Waals surface area contributed by atoms with Gasteiger partial charge in [-0.05, 0) is 124 Å². The van der Waals surface area contributed by atoms with Gasteiger partial charge in [-0.25, -0.2) is 0 Å². The topological polar surface area (TPSA) is 0 Å². The molecule has 4 aliphatic carbocycles. The Balaban J connectivity index is 0.000000219. The van der Waals surface area contributed by atoms with Gasteiger partial charge in [0.15, 0.2) is 0 Å². The third-order valence-electron chi connectivity index (χ3n) is 20.7. The van der Waals surface area contributed by atoms with Crippen LogP contribution in [0.5, 0.6) is 0 Å². The van der Waals surface area contributed by atoms with Crippen molar-refractivity contribution in [3.63, 3.8) is 0 Å². The van der Waals surface area contributed by atoms with Crippen molar-refractivity contribution in [3.05, 3.63) is 146 Å². The third-order valence-corrected chi connectivity index (χ3v) is 33.1. The summed E-state index contributed by atoms with van der Waals surface area (Å²) in [5, 5.41) is 18.4. The average molecular weight is 1510 g/mol. The van der Waals surface area contributed by atoms with E-state index in [9.17, 15) is 0 Å². The molecule has 4 aliphatic rings. The first-order valence-electron chi connectivity index (χ1n) is 37.2. The summed E-state index contributed by atoms with van der Waals surface area (Å²) in [5.41, 5.74) is 4.07. The molecular weight excluding hydrogens is 1390 g/mol. The molecule has 0 nitrogen and oxygen atoms in total. The van der Waals surface area contributed by atoms with Crippen LogP contribution in [0.2, 0.25) is 0 Å². The van der Waals surface area contributed by atoms with Crippen LogP contribution in [0.4, 0.5) is 0 Å². The van der Waals surface area contributed by atoms with Crippen LogP contribution in [0.15, 0.2) is 146 Å². The summed E-state index contributed by atoms with van der Waals surface area (Å²) in [5.74, 6) is 0. The van der Waals surface area contributed by atoms with Crippen molar-refractivity contribution >= 4 is 96.0 Å². The Kier molecular flexibility index (Phi) is 42.3. The third kappa shape index (κ3) is 26.2. The van der Waals surface area contributed by atoms with E-state index < -0.39 is 0 Å². The van der Waals surface area contributed by atoms with Crippen molar-refractivity contribution in [2.75, 3.05) is 24.6 Å². The van der Waals surface area contributed by atoms with E-state index in [2.05, 4.69) is 173 Å². The fourth-order valence-electron chi connectivity index (χ4n) is 15.7. The Morgan fingerprint density at radius 2 is 0.500 bits per heavy atom. The van der Waals surface area contributed by atoms with Crippen molar-refractivity contribution in [1.82, 2.24) is 0 Å². The van der Waals surface area contributed by atoms with Gasteiger partial charge in [0.2, 0.25) is 0 Å². The number of hydrogen-bond acceptors (Lipinski definition) is 0. The Morgan fingerprint density at radius 3 is 0.728 bits per heavy atom. The number of rotatable bonds is 28. The molecule has 0 bridgehead atoms. The van der Waals surface area contributed by atoms with Crippen LogP contribution < -0.4 is 46.0 Å². The summed E-state index contributed by atoms with van der Waals surface area (Å²) < 4.78 is 0. The summed E-state index contributed by atoms with van der Waals surface area (Å²) >= 11 is 0. The fraction of sp³-hybridized carbons (Fsp3) is 0.571. The fourth-order valence-corrected chi connectivity index (χ4v) is 28.6. The van der Waals surface area contributed by atoms with E-state index in [1.165, 1.54) is 299 Å². The Labute approximate surface area is 619 Å². The molecule has 4 fully saturated rings. The molecule has 0 saturated heterocycles. The molecular formula is C84H120Cl2P4Zr2-2. The van der Waals surface area contributed by atoms with Gasteiger partial charge < -0.3 is 24.8 Å². The second kappa shape index (κ2) is 47.4. The quantitative estimate of drug-likeness (QED) is 0.0260. The largest absolute Gasteiger partial charge is 2.00 e. The van der Waals surface area contributed by atoms with E-state index in [1.807, 2.05) is 0 Å². The van der Waals surface area contributed by atoms with Gasteiger partial charge in [0.25, 0.3) is 0 Å². The standard InChI is InChI=1S/2C21H28P.2C21H32P.2ClH.2Zr/c2*1-3-11-19(12-4-1)22(20-13-5-2-6-14-20)21-15-17-9-7-8-10-18(17)16-21;2*1-3-5-7-11-15-22(16-12-8-6-4-2)21-17-19-13-9-10-14-20(19)18-21;;;;/h2*7-10,15-16,19-20H,1-6,11-14H2;2*9-10,13-14,17-18H,3-8,11-12,15-16H2,1-2H3;2*1H;;/q4*-1;;;2*+2/p-2. The Bertz CT molecular complexity index is 2710.